The number of amides is 1. The van der Waals surface area contributed by atoms with Crippen LogP contribution in [-0.4, -0.2) is 29.1 Å². The number of hydrogen-bond donors (Lipinski definition) is 1. The van der Waals surface area contributed by atoms with Gasteiger partial charge in [-0.15, -0.1) is 0 Å². The molecule has 1 heterocycles. The van der Waals surface area contributed by atoms with Crippen LogP contribution >= 0.6 is 0 Å². The van der Waals surface area contributed by atoms with Crippen molar-refractivity contribution < 1.29 is 14.3 Å². The normalized spacial score (nSPS) is 18.4. The Labute approximate surface area is 112 Å². The average Bonchev–Trinajstić information content (AvgIpc) is 2.68. The Morgan fingerprint density at radius 3 is 2.95 bits per heavy atom. The first-order chi connectivity index (χ1) is 9.10. The molecule has 1 aromatic rings. The molecule has 0 radical (unpaired) electrons. The van der Waals surface area contributed by atoms with E-state index in [4.69, 9.17) is 5.11 Å². The van der Waals surface area contributed by atoms with Gasteiger partial charge in [0, 0.05) is 19.5 Å². The van der Waals surface area contributed by atoms with E-state index >= 15 is 0 Å². The second kappa shape index (κ2) is 5.85. The lowest BCUT2D eigenvalue weighted by molar-refractivity contribution is -0.128. The van der Waals surface area contributed by atoms with Crippen LogP contribution < -0.4 is 0 Å². The first kappa shape index (κ1) is 13.6. The fourth-order valence-electron chi connectivity index (χ4n) is 2.24. The van der Waals surface area contributed by atoms with Crippen LogP contribution in [0.3, 0.4) is 0 Å². The first-order valence-corrected chi connectivity index (χ1v) is 6.26. The van der Waals surface area contributed by atoms with E-state index in [1.165, 1.54) is 6.07 Å². The molecule has 3 nitrogen and oxygen atoms in total. The van der Waals surface area contributed by atoms with Gasteiger partial charge in [-0.3, -0.25) is 4.79 Å². The lowest BCUT2D eigenvalue weighted by atomic mass is 10.1. The van der Waals surface area contributed by atoms with Crippen LogP contribution in [0.1, 0.15) is 24.5 Å². The quantitative estimate of drug-likeness (QED) is 0.820. The molecule has 4 heteroatoms. The second-order valence-electron chi connectivity index (χ2n) is 4.86. The number of likely N-dealkylation sites (tertiary alicyclic amines) is 1. The number of carbonyl (C=O) groups is 1. The molecular weight excluding hydrogens is 245 g/mol. The molecule has 0 bridgehead atoms. The first-order valence-electron chi connectivity index (χ1n) is 6.26. The van der Waals surface area contributed by atoms with Gasteiger partial charge in [-0.2, -0.15) is 0 Å². The highest BCUT2D eigenvalue weighted by Crippen LogP contribution is 2.20. The molecule has 1 saturated heterocycles. The summed E-state index contributed by atoms with van der Waals surface area (Å²) in [4.78, 5) is 13.5. The van der Waals surface area contributed by atoms with Crippen LogP contribution in [-0.2, 0) is 11.3 Å². The number of carbonyl (C=O) groups excluding carboxylic acids is 1. The topological polar surface area (TPSA) is 40.5 Å². The van der Waals surface area contributed by atoms with Gasteiger partial charge < -0.3 is 10.0 Å². The van der Waals surface area contributed by atoms with Gasteiger partial charge in [0.05, 0.1) is 5.56 Å². The zero-order valence-electron chi connectivity index (χ0n) is 10.8. The van der Waals surface area contributed by atoms with Gasteiger partial charge in [0.2, 0.25) is 5.91 Å². The fourth-order valence-corrected chi connectivity index (χ4v) is 2.24. The van der Waals surface area contributed by atoms with Gasteiger partial charge in [-0.05, 0) is 23.6 Å². The highest BCUT2D eigenvalue weighted by molar-refractivity contribution is 5.78. The molecule has 100 valence electrons. The number of benzene rings is 1. The number of hydrogen-bond acceptors (Lipinski definition) is 2. The van der Waals surface area contributed by atoms with Crippen molar-refractivity contribution in [2.45, 2.75) is 19.9 Å². The predicted octanol–water partition coefficient (Wildman–Crippen LogP) is 1.54. The van der Waals surface area contributed by atoms with E-state index in [2.05, 4.69) is 11.8 Å². The SMILES string of the molecule is CC1CC(=O)N(Cc2ccc(F)c(C#CCO)c2)C1. The van der Waals surface area contributed by atoms with Crippen LogP contribution in [0.2, 0.25) is 0 Å². The molecule has 1 aliphatic heterocycles. The Morgan fingerprint density at radius 2 is 2.32 bits per heavy atom. The van der Waals surface area contributed by atoms with Crippen LogP contribution in [0.5, 0.6) is 0 Å². The van der Waals surface area contributed by atoms with Crippen molar-refractivity contribution in [1.29, 1.82) is 0 Å². The van der Waals surface area contributed by atoms with Crippen molar-refractivity contribution in [1.82, 2.24) is 4.90 Å². The number of aliphatic hydroxyl groups is 1. The summed E-state index contributed by atoms with van der Waals surface area (Å²) < 4.78 is 13.5. The largest absolute Gasteiger partial charge is 0.384 e. The fraction of sp³-hybridized carbons (Fsp3) is 0.400. The average molecular weight is 261 g/mol. The van der Waals surface area contributed by atoms with Crippen molar-refractivity contribution in [3.8, 4) is 11.8 Å². The Hall–Kier alpha value is -1.86. The molecule has 0 spiro atoms. The minimum absolute atomic E-state index is 0.139. The Balaban J connectivity index is 2.15. The molecule has 0 aliphatic carbocycles. The van der Waals surface area contributed by atoms with Gasteiger partial charge >= 0.3 is 0 Å². The second-order valence-corrected chi connectivity index (χ2v) is 4.86. The van der Waals surface area contributed by atoms with Crippen molar-refractivity contribution in [3.05, 3.63) is 35.1 Å². The van der Waals surface area contributed by atoms with Gasteiger partial charge in [0.25, 0.3) is 0 Å². The lowest BCUT2D eigenvalue weighted by Crippen LogP contribution is -2.24. The molecule has 1 atom stereocenters. The van der Waals surface area contributed by atoms with Crippen molar-refractivity contribution in [2.75, 3.05) is 13.2 Å². The molecule has 0 saturated carbocycles. The van der Waals surface area contributed by atoms with E-state index in [1.54, 1.807) is 17.0 Å². The Morgan fingerprint density at radius 1 is 1.53 bits per heavy atom. The zero-order valence-corrected chi connectivity index (χ0v) is 10.8. The molecule has 1 fully saturated rings. The standard InChI is InChI=1S/C15H16FNO2/c1-11-7-15(19)17(9-11)10-12-4-5-14(16)13(8-12)3-2-6-18/h4-5,8,11,18H,6-7,9-10H2,1H3. The maximum atomic E-state index is 13.5. The summed E-state index contributed by atoms with van der Waals surface area (Å²) in [5, 5.41) is 8.63. The van der Waals surface area contributed by atoms with Crippen LogP contribution in [0.25, 0.3) is 0 Å². The summed E-state index contributed by atoms with van der Waals surface area (Å²) in [6, 6.07) is 4.64. The third-order valence-corrected chi connectivity index (χ3v) is 3.11. The third kappa shape index (κ3) is 3.33. The molecular formula is C15H16FNO2. The van der Waals surface area contributed by atoms with Gasteiger partial charge in [-0.25, -0.2) is 4.39 Å². The van der Waals surface area contributed by atoms with E-state index in [0.717, 1.165) is 12.1 Å². The summed E-state index contributed by atoms with van der Waals surface area (Å²) in [5.41, 5.74) is 1.11. The number of nitrogens with zero attached hydrogens (tertiary/aromatic N) is 1. The van der Waals surface area contributed by atoms with Gasteiger partial charge in [0.15, 0.2) is 0 Å². The third-order valence-electron chi connectivity index (χ3n) is 3.11. The summed E-state index contributed by atoms with van der Waals surface area (Å²) in [6.45, 7) is 2.97. The minimum atomic E-state index is -0.411. The van der Waals surface area contributed by atoms with Crippen molar-refractivity contribution in [2.24, 2.45) is 5.92 Å². The monoisotopic (exact) mass is 261 g/mol. The summed E-state index contributed by atoms with van der Waals surface area (Å²) in [6.07, 6.45) is 0.582. The smallest absolute Gasteiger partial charge is 0.223 e. The maximum Gasteiger partial charge on any atom is 0.223 e. The lowest BCUT2D eigenvalue weighted by Gasteiger charge is -2.16. The van der Waals surface area contributed by atoms with Crippen LogP contribution in [0.4, 0.5) is 4.39 Å². The van der Waals surface area contributed by atoms with E-state index in [1.807, 2.05) is 6.92 Å². The summed E-state index contributed by atoms with van der Waals surface area (Å²) >= 11 is 0. The zero-order chi connectivity index (χ0) is 13.8. The summed E-state index contributed by atoms with van der Waals surface area (Å²) in [7, 11) is 0. The molecule has 1 aliphatic rings. The molecule has 1 aromatic carbocycles. The highest BCUT2D eigenvalue weighted by Gasteiger charge is 2.26. The summed E-state index contributed by atoms with van der Waals surface area (Å²) in [5.74, 6) is 5.10. The van der Waals surface area contributed by atoms with E-state index in [9.17, 15) is 9.18 Å². The Kier molecular flexibility index (Phi) is 4.18. The molecule has 2 rings (SSSR count). The molecule has 0 aromatic heterocycles. The van der Waals surface area contributed by atoms with Crippen LogP contribution in [0, 0.1) is 23.6 Å². The molecule has 1 unspecified atom stereocenters. The molecule has 1 amide bonds. The van der Waals surface area contributed by atoms with Crippen molar-refractivity contribution >= 4 is 5.91 Å². The maximum absolute atomic E-state index is 13.5. The highest BCUT2D eigenvalue weighted by atomic mass is 19.1. The van der Waals surface area contributed by atoms with Gasteiger partial charge in [-0.1, -0.05) is 24.8 Å². The van der Waals surface area contributed by atoms with Crippen LogP contribution in [0.15, 0.2) is 18.2 Å². The van der Waals surface area contributed by atoms with Gasteiger partial charge in [0.1, 0.15) is 12.4 Å². The van der Waals surface area contributed by atoms with E-state index in [-0.39, 0.29) is 18.1 Å². The van der Waals surface area contributed by atoms with Crippen molar-refractivity contribution in [3.63, 3.8) is 0 Å². The van der Waals surface area contributed by atoms with E-state index in [0.29, 0.717) is 18.9 Å². The molecule has 19 heavy (non-hydrogen) atoms. The predicted molar refractivity (Wildman–Crippen MR) is 69.6 cm³/mol. The minimum Gasteiger partial charge on any atom is -0.384 e. The van der Waals surface area contributed by atoms with E-state index < -0.39 is 5.82 Å². The number of rotatable bonds is 2. The Bertz CT molecular complexity index is 545. The number of halogens is 1. The number of aliphatic hydroxyl groups excluding tert-OH is 1. The molecule has 1 N–H and O–H groups in total.